The van der Waals surface area contributed by atoms with E-state index in [0.717, 1.165) is 29.2 Å². The summed E-state index contributed by atoms with van der Waals surface area (Å²) in [5.74, 6) is -0.765. The van der Waals surface area contributed by atoms with Crippen molar-refractivity contribution in [2.24, 2.45) is 5.73 Å². The number of urea groups is 1. The summed E-state index contributed by atoms with van der Waals surface area (Å²) in [4.78, 5) is 40.7. The van der Waals surface area contributed by atoms with Crippen LogP contribution in [-0.4, -0.2) is 32.8 Å². The third kappa shape index (κ3) is 4.53. The van der Waals surface area contributed by atoms with Crippen LogP contribution in [0.3, 0.4) is 0 Å². The van der Waals surface area contributed by atoms with Crippen molar-refractivity contribution in [3.8, 4) is 0 Å². The third-order valence-electron chi connectivity index (χ3n) is 2.88. The highest BCUT2D eigenvalue weighted by Crippen LogP contribution is 2.27. The Kier molecular flexibility index (Phi) is 5.00. The van der Waals surface area contributed by atoms with Gasteiger partial charge in [-0.2, -0.15) is 13.2 Å². The lowest BCUT2D eigenvalue weighted by molar-refractivity contribution is -0.141. The average molecular weight is 356 g/mol. The molecule has 9 nitrogen and oxygen atoms in total. The Labute approximate surface area is 138 Å². The van der Waals surface area contributed by atoms with Crippen LogP contribution in [0.5, 0.6) is 0 Å². The molecule has 12 heteroatoms. The van der Waals surface area contributed by atoms with Crippen molar-refractivity contribution < 1.29 is 27.6 Å². The van der Waals surface area contributed by atoms with E-state index >= 15 is 0 Å². The van der Waals surface area contributed by atoms with Gasteiger partial charge in [0, 0.05) is 0 Å². The molecule has 0 aromatic carbocycles. The van der Waals surface area contributed by atoms with Gasteiger partial charge in [-0.3, -0.25) is 14.9 Å². The Morgan fingerprint density at radius 2 is 1.96 bits per heavy atom. The molecule has 0 unspecified atom stereocenters. The van der Waals surface area contributed by atoms with E-state index in [1.807, 2.05) is 0 Å². The maximum atomic E-state index is 12.4. The molecular weight excluding hydrogens is 345 g/mol. The van der Waals surface area contributed by atoms with Gasteiger partial charge in [0.15, 0.2) is 12.1 Å². The van der Waals surface area contributed by atoms with Crippen LogP contribution in [0.25, 0.3) is 0 Å². The number of imidazole rings is 1. The van der Waals surface area contributed by atoms with Crippen molar-refractivity contribution >= 4 is 29.7 Å². The predicted molar refractivity (Wildman–Crippen MR) is 78.7 cm³/mol. The lowest BCUT2D eigenvalue weighted by atomic mass is 10.3. The molecule has 0 aliphatic rings. The van der Waals surface area contributed by atoms with E-state index in [-0.39, 0.29) is 23.7 Å². The molecular formula is C13H11F3N6O3. The maximum absolute atomic E-state index is 12.4. The van der Waals surface area contributed by atoms with Gasteiger partial charge in [0.1, 0.15) is 17.9 Å². The first kappa shape index (κ1) is 17.9. The molecule has 4 N–H and O–H groups in total. The molecule has 2 aromatic rings. The number of primary amides is 1. The Balaban J connectivity index is 2.06. The standard InChI is InChI=1S/C13H11F3N6O3/c14-13(15,16)9-2-1-7(3-18-9)20-10(24)4-22-6-19-11(8(22)5-23)21-12(17)25/h1-3,5-6H,4H2,(H,20,24)(H3,17,21,25). The van der Waals surface area contributed by atoms with Crippen LogP contribution < -0.4 is 16.4 Å². The highest BCUT2D eigenvalue weighted by Gasteiger charge is 2.32. The lowest BCUT2D eigenvalue weighted by Gasteiger charge is -2.09. The third-order valence-corrected chi connectivity index (χ3v) is 2.88. The summed E-state index contributed by atoms with van der Waals surface area (Å²) in [5, 5.41) is 4.44. The Morgan fingerprint density at radius 1 is 1.24 bits per heavy atom. The highest BCUT2D eigenvalue weighted by molar-refractivity contribution is 5.94. The number of nitrogens with zero attached hydrogens (tertiary/aromatic N) is 3. The van der Waals surface area contributed by atoms with Crippen LogP contribution in [0.4, 0.5) is 29.5 Å². The van der Waals surface area contributed by atoms with E-state index in [2.05, 4.69) is 20.6 Å². The molecule has 0 spiro atoms. The molecule has 0 atom stereocenters. The van der Waals surface area contributed by atoms with E-state index in [1.165, 1.54) is 0 Å². The van der Waals surface area contributed by atoms with Crippen molar-refractivity contribution in [2.75, 3.05) is 10.6 Å². The fourth-order valence-corrected chi connectivity index (χ4v) is 1.85. The first-order valence-electron chi connectivity index (χ1n) is 6.60. The SMILES string of the molecule is NC(=O)Nc1ncn(CC(=O)Nc2ccc(C(F)(F)F)nc2)c1C=O. The molecule has 2 aromatic heterocycles. The number of hydrogen-bond acceptors (Lipinski definition) is 5. The van der Waals surface area contributed by atoms with Crippen LogP contribution in [0.2, 0.25) is 0 Å². The minimum atomic E-state index is -4.58. The molecule has 0 radical (unpaired) electrons. The van der Waals surface area contributed by atoms with Gasteiger partial charge in [0.2, 0.25) is 5.91 Å². The fraction of sp³-hybridized carbons (Fsp3) is 0.154. The zero-order valence-corrected chi connectivity index (χ0v) is 12.4. The fourth-order valence-electron chi connectivity index (χ4n) is 1.85. The zero-order valence-electron chi connectivity index (χ0n) is 12.4. The number of aldehydes is 1. The molecule has 2 heterocycles. The maximum Gasteiger partial charge on any atom is 0.433 e. The van der Waals surface area contributed by atoms with Crippen LogP contribution >= 0.6 is 0 Å². The largest absolute Gasteiger partial charge is 0.433 e. The molecule has 2 rings (SSSR count). The quantitative estimate of drug-likeness (QED) is 0.694. The second kappa shape index (κ2) is 6.98. The van der Waals surface area contributed by atoms with Gasteiger partial charge >= 0.3 is 12.2 Å². The van der Waals surface area contributed by atoms with Gasteiger partial charge in [-0.1, -0.05) is 0 Å². The number of pyridine rings is 1. The smallest absolute Gasteiger partial charge is 0.351 e. The van der Waals surface area contributed by atoms with Crippen molar-refractivity contribution in [3.05, 3.63) is 36.0 Å². The summed E-state index contributed by atoms with van der Waals surface area (Å²) in [6, 6.07) is 0.828. The number of nitrogens with one attached hydrogen (secondary N) is 2. The topological polar surface area (TPSA) is 132 Å². The molecule has 0 aliphatic carbocycles. The molecule has 0 bridgehead atoms. The second-order valence-corrected chi connectivity index (χ2v) is 4.69. The Morgan fingerprint density at radius 3 is 2.48 bits per heavy atom. The molecule has 25 heavy (non-hydrogen) atoms. The number of carbonyl (C=O) groups is 3. The first-order valence-corrected chi connectivity index (χ1v) is 6.60. The number of nitrogens with two attached hydrogens (primary N) is 1. The average Bonchev–Trinajstić information content (AvgIpc) is 2.87. The van der Waals surface area contributed by atoms with Crippen LogP contribution in [0.1, 0.15) is 16.2 Å². The summed E-state index contributed by atoms with van der Waals surface area (Å²) in [6.45, 7) is -0.372. The van der Waals surface area contributed by atoms with Crippen LogP contribution in [0.15, 0.2) is 24.7 Å². The highest BCUT2D eigenvalue weighted by atomic mass is 19.4. The summed E-state index contributed by atoms with van der Waals surface area (Å²) >= 11 is 0. The lowest BCUT2D eigenvalue weighted by Crippen LogP contribution is -2.22. The van der Waals surface area contributed by atoms with Gasteiger partial charge in [-0.15, -0.1) is 0 Å². The van der Waals surface area contributed by atoms with Gasteiger partial charge in [-0.25, -0.2) is 14.8 Å². The summed E-state index contributed by atoms with van der Waals surface area (Å²) in [6.07, 6.45) is -2.23. The van der Waals surface area contributed by atoms with Gasteiger partial charge < -0.3 is 15.6 Å². The van der Waals surface area contributed by atoms with Crippen molar-refractivity contribution in [3.63, 3.8) is 0 Å². The van der Waals surface area contributed by atoms with Crippen molar-refractivity contribution in [1.82, 2.24) is 14.5 Å². The van der Waals surface area contributed by atoms with Crippen LogP contribution in [0, 0.1) is 0 Å². The molecule has 132 valence electrons. The summed E-state index contributed by atoms with van der Waals surface area (Å²) in [5.41, 5.74) is 3.77. The van der Waals surface area contributed by atoms with Crippen molar-refractivity contribution in [2.45, 2.75) is 12.7 Å². The second-order valence-electron chi connectivity index (χ2n) is 4.69. The number of amides is 3. The minimum Gasteiger partial charge on any atom is -0.351 e. The number of rotatable bonds is 5. The number of carbonyl (C=O) groups excluding carboxylic acids is 3. The zero-order chi connectivity index (χ0) is 18.6. The monoisotopic (exact) mass is 356 g/mol. The first-order chi connectivity index (χ1) is 11.7. The van der Waals surface area contributed by atoms with E-state index in [9.17, 15) is 27.6 Å². The minimum absolute atomic E-state index is 0.0428. The van der Waals surface area contributed by atoms with Gasteiger partial charge in [-0.05, 0) is 12.1 Å². The van der Waals surface area contributed by atoms with Gasteiger partial charge in [0.25, 0.3) is 0 Å². The predicted octanol–water partition coefficient (Wildman–Crippen LogP) is 1.24. The molecule has 0 saturated carbocycles. The molecule has 0 saturated heterocycles. The van der Waals surface area contributed by atoms with Gasteiger partial charge in [0.05, 0.1) is 18.2 Å². The number of aromatic nitrogens is 3. The number of anilines is 2. The molecule has 0 fully saturated rings. The Bertz CT molecular complexity index is 800. The van der Waals surface area contributed by atoms with Crippen molar-refractivity contribution in [1.29, 1.82) is 0 Å². The van der Waals surface area contributed by atoms with E-state index in [1.54, 1.807) is 0 Å². The number of alkyl halides is 3. The summed E-state index contributed by atoms with van der Waals surface area (Å²) in [7, 11) is 0. The van der Waals surface area contributed by atoms with E-state index in [0.29, 0.717) is 6.29 Å². The molecule has 3 amide bonds. The van der Waals surface area contributed by atoms with E-state index < -0.39 is 23.8 Å². The number of hydrogen-bond donors (Lipinski definition) is 3. The normalized spacial score (nSPS) is 11.0. The summed E-state index contributed by atoms with van der Waals surface area (Å²) < 4.78 is 38.4. The van der Waals surface area contributed by atoms with Crippen LogP contribution in [-0.2, 0) is 17.5 Å². The van der Waals surface area contributed by atoms with E-state index in [4.69, 9.17) is 5.73 Å². The number of halogens is 3. The molecule has 0 aliphatic heterocycles. The Hall–Kier alpha value is -3.44.